The number of halogens is 3. The van der Waals surface area contributed by atoms with Gasteiger partial charge in [-0.1, -0.05) is 18.5 Å². The van der Waals surface area contributed by atoms with Crippen LogP contribution in [-0.4, -0.2) is 45.8 Å². The molecule has 27 heavy (non-hydrogen) atoms. The number of carbonyl (C=O) groups is 1. The summed E-state index contributed by atoms with van der Waals surface area (Å²) in [5.74, 6) is -3.42. The Kier molecular flexibility index (Phi) is 4.38. The summed E-state index contributed by atoms with van der Waals surface area (Å²) in [6.07, 6.45) is 1.62. The molecule has 2 saturated carbocycles. The van der Waals surface area contributed by atoms with E-state index in [0.717, 1.165) is 0 Å². The molecular formula is C18H25F3N4O2. The van der Waals surface area contributed by atoms with E-state index in [1.807, 2.05) is 6.92 Å². The number of primary amides is 1. The Hall–Kier alpha value is -1.80. The van der Waals surface area contributed by atoms with Crippen LogP contribution >= 0.6 is 0 Å². The van der Waals surface area contributed by atoms with Gasteiger partial charge >= 0.3 is 6.03 Å². The van der Waals surface area contributed by atoms with Gasteiger partial charge in [-0.15, -0.1) is 0 Å². The summed E-state index contributed by atoms with van der Waals surface area (Å²) in [5.41, 5.74) is 4.88. The molecule has 0 bridgehead atoms. The predicted octanol–water partition coefficient (Wildman–Crippen LogP) is 3.52. The summed E-state index contributed by atoms with van der Waals surface area (Å²) in [5, 5.41) is 4.02. The van der Waals surface area contributed by atoms with E-state index in [1.54, 1.807) is 0 Å². The van der Waals surface area contributed by atoms with Crippen LogP contribution in [0.2, 0.25) is 0 Å². The molecule has 150 valence electrons. The molecule has 4 rings (SSSR count). The van der Waals surface area contributed by atoms with Crippen molar-refractivity contribution < 1.29 is 22.5 Å². The van der Waals surface area contributed by atoms with Crippen LogP contribution in [-0.2, 0) is 5.41 Å². The van der Waals surface area contributed by atoms with Gasteiger partial charge in [0.15, 0.2) is 5.82 Å². The number of carbonyl (C=O) groups excluding carboxylic acids is 1. The molecule has 1 saturated heterocycles. The highest BCUT2D eigenvalue weighted by Gasteiger charge is 2.53. The number of alkyl halides is 3. The summed E-state index contributed by atoms with van der Waals surface area (Å²) < 4.78 is 47.8. The van der Waals surface area contributed by atoms with Crippen molar-refractivity contribution >= 4 is 6.03 Å². The van der Waals surface area contributed by atoms with Crippen molar-refractivity contribution in [3.05, 3.63) is 11.7 Å². The van der Waals surface area contributed by atoms with Gasteiger partial charge in [-0.3, -0.25) is 0 Å². The number of piperidine rings is 1. The molecule has 2 amide bonds. The van der Waals surface area contributed by atoms with Crippen molar-refractivity contribution in [2.24, 2.45) is 11.7 Å². The second kappa shape index (κ2) is 6.38. The fraction of sp³-hybridized carbons (Fsp3) is 0.833. The normalized spacial score (nSPS) is 38.6. The van der Waals surface area contributed by atoms with Gasteiger partial charge in [0.2, 0.25) is 5.89 Å². The molecule has 5 atom stereocenters. The van der Waals surface area contributed by atoms with Gasteiger partial charge in [-0.05, 0) is 32.1 Å². The van der Waals surface area contributed by atoms with Gasteiger partial charge in [-0.25, -0.2) is 18.0 Å². The summed E-state index contributed by atoms with van der Waals surface area (Å²) in [6.45, 7) is 2.16. The first-order chi connectivity index (χ1) is 12.7. The molecular weight excluding hydrogens is 361 g/mol. The Morgan fingerprint density at radius 1 is 1.33 bits per heavy atom. The van der Waals surface area contributed by atoms with Crippen molar-refractivity contribution in [1.29, 1.82) is 0 Å². The molecule has 3 fully saturated rings. The van der Waals surface area contributed by atoms with E-state index >= 15 is 0 Å². The lowest BCUT2D eigenvalue weighted by molar-refractivity contribution is -0.118. The maximum Gasteiger partial charge on any atom is 0.315 e. The number of urea groups is 1. The van der Waals surface area contributed by atoms with Gasteiger partial charge in [0.25, 0.3) is 5.92 Å². The number of nitrogens with two attached hydrogens (primary N) is 1. The number of nitrogens with zero attached hydrogens (tertiary/aromatic N) is 3. The second-order valence-electron chi connectivity index (χ2n) is 8.54. The topological polar surface area (TPSA) is 85.2 Å². The third-order valence-electron chi connectivity index (χ3n) is 6.54. The minimum Gasteiger partial charge on any atom is -0.351 e. The molecule has 1 aromatic rings. The average Bonchev–Trinajstić information content (AvgIpc) is 3.12. The van der Waals surface area contributed by atoms with Gasteiger partial charge in [0.05, 0.1) is 5.92 Å². The maximum atomic E-state index is 14.6. The third kappa shape index (κ3) is 3.29. The lowest BCUT2D eigenvalue weighted by atomic mass is 9.69. The number of aromatic nitrogens is 2. The molecule has 3 unspecified atom stereocenters. The Balaban J connectivity index is 1.60. The third-order valence-corrected chi connectivity index (χ3v) is 6.54. The van der Waals surface area contributed by atoms with E-state index in [4.69, 9.17) is 10.3 Å². The van der Waals surface area contributed by atoms with Crippen molar-refractivity contribution in [3.8, 4) is 0 Å². The van der Waals surface area contributed by atoms with Crippen LogP contribution in [0.15, 0.2) is 4.52 Å². The summed E-state index contributed by atoms with van der Waals surface area (Å²) in [6, 6.07) is -1.34. The number of rotatable bonds is 3. The fourth-order valence-corrected chi connectivity index (χ4v) is 4.69. The number of amides is 2. The molecule has 3 aliphatic rings. The first-order valence-corrected chi connectivity index (χ1v) is 9.63. The SMILES string of the molecule is CC1(c2noc([C@@H]3C[C@@H]3F)n2)CCN(C(N)=O)C(C2CCCCC2(F)F)C1. The van der Waals surface area contributed by atoms with Gasteiger partial charge in [0.1, 0.15) is 6.17 Å². The van der Waals surface area contributed by atoms with E-state index in [-0.39, 0.29) is 24.8 Å². The standard InChI is InChI=1S/C18H25F3N4O2/c1-17(15-23-14(27-24-15)10-8-12(10)19)6-7-25(16(22)26)13(9-17)11-4-2-3-5-18(11,20)21/h10-13H,2-9H2,1H3,(H2,22,26)/t10-,11?,12+,13?,17?/m1/s1. The van der Waals surface area contributed by atoms with Crippen LogP contribution in [0.25, 0.3) is 0 Å². The van der Waals surface area contributed by atoms with E-state index in [0.29, 0.717) is 44.3 Å². The van der Waals surface area contributed by atoms with E-state index < -0.39 is 35.5 Å². The number of hydrogen-bond donors (Lipinski definition) is 1. The summed E-state index contributed by atoms with van der Waals surface area (Å²) >= 11 is 0. The molecule has 1 aliphatic heterocycles. The van der Waals surface area contributed by atoms with Crippen molar-refractivity contribution in [3.63, 3.8) is 0 Å². The Morgan fingerprint density at radius 2 is 2.07 bits per heavy atom. The van der Waals surface area contributed by atoms with Crippen molar-refractivity contribution in [1.82, 2.24) is 15.0 Å². The molecule has 0 aromatic carbocycles. The number of likely N-dealkylation sites (tertiary alicyclic amines) is 1. The highest BCUT2D eigenvalue weighted by molar-refractivity contribution is 5.72. The summed E-state index contributed by atoms with van der Waals surface area (Å²) in [4.78, 5) is 17.7. The Bertz CT molecular complexity index is 727. The largest absolute Gasteiger partial charge is 0.351 e. The van der Waals surface area contributed by atoms with Crippen molar-refractivity contribution in [2.75, 3.05) is 6.54 Å². The van der Waals surface area contributed by atoms with Crippen LogP contribution in [0.1, 0.15) is 69.5 Å². The zero-order chi connectivity index (χ0) is 19.4. The Morgan fingerprint density at radius 3 is 2.70 bits per heavy atom. The van der Waals surface area contributed by atoms with Crippen LogP contribution in [0.4, 0.5) is 18.0 Å². The van der Waals surface area contributed by atoms with E-state index in [2.05, 4.69) is 10.1 Å². The Labute approximate surface area is 155 Å². The zero-order valence-corrected chi connectivity index (χ0v) is 15.3. The molecule has 1 aromatic heterocycles. The molecule has 2 heterocycles. The van der Waals surface area contributed by atoms with Gasteiger partial charge in [0, 0.05) is 30.3 Å². The zero-order valence-electron chi connectivity index (χ0n) is 15.3. The average molecular weight is 386 g/mol. The minimum absolute atomic E-state index is 0.163. The molecule has 0 spiro atoms. The quantitative estimate of drug-likeness (QED) is 0.861. The van der Waals surface area contributed by atoms with Crippen LogP contribution in [0.5, 0.6) is 0 Å². The van der Waals surface area contributed by atoms with E-state index in [9.17, 15) is 18.0 Å². The highest BCUT2D eigenvalue weighted by Crippen LogP contribution is 2.48. The van der Waals surface area contributed by atoms with Crippen LogP contribution < -0.4 is 5.73 Å². The lowest BCUT2D eigenvalue weighted by Crippen LogP contribution is -2.58. The minimum atomic E-state index is -2.83. The maximum absolute atomic E-state index is 14.6. The smallest absolute Gasteiger partial charge is 0.315 e. The highest BCUT2D eigenvalue weighted by atomic mass is 19.3. The van der Waals surface area contributed by atoms with Gasteiger partial charge in [-0.2, -0.15) is 4.98 Å². The van der Waals surface area contributed by atoms with Crippen LogP contribution in [0.3, 0.4) is 0 Å². The molecule has 2 aliphatic carbocycles. The molecule has 6 nitrogen and oxygen atoms in total. The lowest BCUT2D eigenvalue weighted by Gasteiger charge is -2.48. The number of hydrogen-bond acceptors (Lipinski definition) is 4. The molecule has 9 heteroatoms. The molecule has 2 N–H and O–H groups in total. The van der Waals surface area contributed by atoms with Crippen LogP contribution in [0, 0.1) is 5.92 Å². The van der Waals surface area contributed by atoms with Crippen molar-refractivity contribution in [2.45, 2.75) is 81.3 Å². The predicted molar refractivity (Wildman–Crippen MR) is 90.1 cm³/mol. The fourth-order valence-electron chi connectivity index (χ4n) is 4.69. The second-order valence-corrected chi connectivity index (χ2v) is 8.54. The van der Waals surface area contributed by atoms with Gasteiger partial charge < -0.3 is 15.2 Å². The first kappa shape index (κ1) is 18.6. The summed E-state index contributed by atoms with van der Waals surface area (Å²) in [7, 11) is 0. The van der Waals surface area contributed by atoms with E-state index in [1.165, 1.54) is 4.90 Å². The first-order valence-electron chi connectivity index (χ1n) is 9.63. The molecule has 0 radical (unpaired) electrons. The monoisotopic (exact) mass is 386 g/mol.